The number of methoxy groups -OCH3 is 1. The lowest BCUT2D eigenvalue weighted by atomic mass is 9.77. The molecule has 0 heterocycles. The summed E-state index contributed by atoms with van der Waals surface area (Å²) in [4.78, 5) is 12.0. The number of fused-ring (bicyclic) bond motifs is 1. The van der Waals surface area contributed by atoms with Crippen molar-refractivity contribution in [1.82, 2.24) is 0 Å². The molecule has 0 unspecified atom stereocenters. The number of carboxylic acid groups (broad SMARTS) is 1. The van der Waals surface area contributed by atoms with E-state index in [2.05, 4.69) is 6.92 Å². The molecule has 4 heteroatoms. The van der Waals surface area contributed by atoms with Gasteiger partial charge in [-0.1, -0.05) is 31.5 Å². The molecule has 4 nitrogen and oxygen atoms in total. The van der Waals surface area contributed by atoms with E-state index >= 15 is 0 Å². The quantitative estimate of drug-likeness (QED) is 0.729. The molecular weight excluding hydrogens is 304 g/mol. The molecule has 0 amide bonds. The molecule has 2 aromatic rings. The molecule has 0 radical (unpaired) electrons. The van der Waals surface area contributed by atoms with Crippen LogP contribution in [0.4, 0.5) is 0 Å². The smallest absolute Gasteiger partial charge is 0.316 e. The van der Waals surface area contributed by atoms with E-state index in [1.165, 1.54) is 0 Å². The summed E-state index contributed by atoms with van der Waals surface area (Å²) < 4.78 is 11.0. The van der Waals surface area contributed by atoms with E-state index in [0.717, 1.165) is 34.9 Å². The summed E-state index contributed by atoms with van der Waals surface area (Å²) in [6, 6.07) is 11.5. The molecule has 0 saturated heterocycles. The Morgan fingerprint density at radius 3 is 2.50 bits per heavy atom. The fourth-order valence-electron chi connectivity index (χ4n) is 2.78. The van der Waals surface area contributed by atoms with Gasteiger partial charge in [-0.2, -0.15) is 0 Å². The first-order valence-electron chi connectivity index (χ1n) is 8.36. The highest BCUT2D eigenvalue weighted by molar-refractivity contribution is 5.88. The van der Waals surface area contributed by atoms with Crippen LogP contribution in [-0.2, 0) is 14.9 Å². The number of unbranched alkanes of at least 4 members (excludes halogenated alkanes) is 1. The van der Waals surface area contributed by atoms with Crippen LogP contribution in [0.15, 0.2) is 36.4 Å². The number of hydrogen-bond donors (Lipinski definition) is 1. The fourth-order valence-corrected chi connectivity index (χ4v) is 2.78. The van der Waals surface area contributed by atoms with E-state index in [4.69, 9.17) is 9.47 Å². The lowest BCUT2D eigenvalue weighted by Crippen LogP contribution is -2.44. The maximum atomic E-state index is 12.0. The molecule has 1 N–H and O–H groups in total. The molecule has 2 rings (SSSR count). The highest BCUT2D eigenvalue weighted by atomic mass is 16.5. The molecule has 0 aliphatic rings. The minimum Gasteiger partial charge on any atom is -0.497 e. The van der Waals surface area contributed by atoms with Crippen LogP contribution in [0.3, 0.4) is 0 Å². The Morgan fingerprint density at radius 2 is 1.88 bits per heavy atom. The molecule has 0 aromatic heterocycles. The zero-order valence-corrected chi connectivity index (χ0v) is 14.8. The highest BCUT2D eigenvalue weighted by Gasteiger charge is 2.41. The van der Waals surface area contributed by atoms with E-state index in [1.54, 1.807) is 14.0 Å². The number of rotatable bonds is 8. The third-order valence-electron chi connectivity index (χ3n) is 4.77. The van der Waals surface area contributed by atoms with Gasteiger partial charge < -0.3 is 14.6 Å². The van der Waals surface area contributed by atoms with Crippen LogP contribution in [0.1, 0.15) is 39.2 Å². The van der Waals surface area contributed by atoms with Crippen molar-refractivity contribution < 1.29 is 19.4 Å². The topological polar surface area (TPSA) is 55.8 Å². The summed E-state index contributed by atoms with van der Waals surface area (Å²) in [7, 11) is 1.63. The summed E-state index contributed by atoms with van der Waals surface area (Å²) in [5.41, 5.74) is -0.348. The fraction of sp³-hybridized carbons (Fsp3) is 0.450. The van der Waals surface area contributed by atoms with Gasteiger partial charge in [0.2, 0.25) is 0 Å². The Balaban J connectivity index is 2.39. The van der Waals surface area contributed by atoms with Gasteiger partial charge in [0.1, 0.15) is 11.2 Å². The van der Waals surface area contributed by atoms with E-state index in [-0.39, 0.29) is 0 Å². The van der Waals surface area contributed by atoms with Gasteiger partial charge in [-0.05, 0) is 54.8 Å². The van der Waals surface area contributed by atoms with E-state index in [0.29, 0.717) is 6.61 Å². The second-order valence-corrected chi connectivity index (χ2v) is 6.30. The number of ether oxygens (including phenoxy) is 2. The van der Waals surface area contributed by atoms with Gasteiger partial charge in [0.15, 0.2) is 0 Å². The third kappa shape index (κ3) is 3.54. The molecule has 0 aliphatic heterocycles. The maximum Gasteiger partial charge on any atom is 0.316 e. The van der Waals surface area contributed by atoms with E-state index in [1.807, 2.05) is 43.3 Å². The largest absolute Gasteiger partial charge is 0.497 e. The van der Waals surface area contributed by atoms with Crippen LogP contribution in [0.2, 0.25) is 0 Å². The Kier molecular flexibility index (Phi) is 5.84. The van der Waals surface area contributed by atoms with Crippen LogP contribution >= 0.6 is 0 Å². The zero-order valence-electron chi connectivity index (χ0n) is 14.8. The first kappa shape index (κ1) is 18.3. The molecular formula is C20H26O4. The van der Waals surface area contributed by atoms with Crippen molar-refractivity contribution in [2.24, 2.45) is 0 Å². The summed E-state index contributed by atoms with van der Waals surface area (Å²) in [5.74, 6) is -0.0909. The van der Waals surface area contributed by atoms with Gasteiger partial charge in [0.25, 0.3) is 0 Å². The molecule has 0 spiro atoms. The van der Waals surface area contributed by atoms with Crippen molar-refractivity contribution in [2.45, 2.75) is 45.1 Å². The van der Waals surface area contributed by atoms with Gasteiger partial charge in [-0.3, -0.25) is 4.79 Å². The first-order valence-corrected chi connectivity index (χ1v) is 8.36. The summed E-state index contributed by atoms with van der Waals surface area (Å²) in [5, 5.41) is 11.9. The minimum atomic E-state index is -1.10. The molecule has 0 saturated carbocycles. The average Bonchev–Trinajstić information content (AvgIpc) is 2.59. The van der Waals surface area contributed by atoms with Crippen molar-refractivity contribution >= 4 is 16.7 Å². The molecule has 130 valence electrons. The van der Waals surface area contributed by atoms with Crippen LogP contribution in [-0.4, -0.2) is 30.9 Å². The number of carbonyl (C=O) groups is 1. The van der Waals surface area contributed by atoms with Crippen molar-refractivity contribution in [1.29, 1.82) is 0 Å². The first-order chi connectivity index (χ1) is 11.4. The second-order valence-electron chi connectivity index (χ2n) is 6.30. The summed E-state index contributed by atoms with van der Waals surface area (Å²) in [6.45, 7) is 6.23. The Hall–Kier alpha value is -2.07. The minimum absolute atomic E-state index is 0.419. The van der Waals surface area contributed by atoms with Crippen molar-refractivity contribution in [3.05, 3.63) is 42.0 Å². The summed E-state index contributed by atoms with van der Waals surface area (Å²) in [6.07, 6.45) is 1.53. The van der Waals surface area contributed by atoms with Crippen LogP contribution < -0.4 is 4.74 Å². The van der Waals surface area contributed by atoms with Gasteiger partial charge in [0.05, 0.1) is 13.2 Å². The third-order valence-corrected chi connectivity index (χ3v) is 4.77. The Labute approximate surface area is 143 Å². The molecule has 0 fully saturated rings. The maximum absolute atomic E-state index is 12.0. The molecule has 24 heavy (non-hydrogen) atoms. The van der Waals surface area contributed by atoms with Crippen LogP contribution in [0, 0.1) is 0 Å². The van der Waals surface area contributed by atoms with Gasteiger partial charge >= 0.3 is 5.97 Å². The number of benzene rings is 2. The zero-order chi connectivity index (χ0) is 17.7. The molecule has 0 aliphatic carbocycles. The number of carboxylic acids is 1. The molecule has 2 atom stereocenters. The van der Waals surface area contributed by atoms with Crippen molar-refractivity contribution in [2.75, 3.05) is 13.7 Å². The summed E-state index contributed by atoms with van der Waals surface area (Å²) >= 11 is 0. The van der Waals surface area contributed by atoms with Crippen molar-refractivity contribution in [3.63, 3.8) is 0 Å². The Morgan fingerprint density at radius 1 is 1.21 bits per heavy atom. The lowest BCUT2D eigenvalue weighted by Gasteiger charge is -2.32. The number of hydrogen-bond acceptors (Lipinski definition) is 3. The SMILES string of the molecule is CCCCO[C@@H](C)[C@](C)(C(=O)O)c1ccc2cc(OC)ccc2c1. The normalized spacial score (nSPS) is 15.0. The van der Waals surface area contributed by atoms with Crippen molar-refractivity contribution in [3.8, 4) is 5.75 Å². The predicted molar refractivity (Wildman–Crippen MR) is 95.8 cm³/mol. The average molecular weight is 330 g/mol. The lowest BCUT2D eigenvalue weighted by molar-refractivity contribution is -0.149. The standard InChI is InChI=1S/C20H26O4/c1-5-6-11-24-14(2)20(3,19(21)22)17-9-7-16-13-18(23-4)10-8-15(16)12-17/h7-10,12-14H,5-6,11H2,1-4H3,(H,21,22)/t14-,20-/m0/s1. The second kappa shape index (κ2) is 7.67. The molecule has 2 aromatic carbocycles. The molecule has 0 bridgehead atoms. The highest BCUT2D eigenvalue weighted by Crippen LogP contribution is 2.33. The predicted octanol–water partition coefficient (Wildman–Crippen LogP) is 4.40. The van der Waals surface area contributed by atoms with E-state index in [9.17, 15) is 9.90 Å². The van der Waals surface area contributed by atoms with Crippen LogP contribution in [0.5, 0.6) is 5.75 Å². The Bertz CT molecular complexity index is 710. The van der Waals surface area contributed by atoms with E-state index < -0.39 is 17.5 Å². The van der Waals surface area contributed by atoms with Gasteiger partial charge in [-0.15, -0.1) is 0 Å². The van der Waals surface area contributed by atoms with Gasteiger partial charge in [0, 0.05) is 6.61 Å². The monoisotopic (exact) mass is 330 g/mol. The van der Waals surface area contributed by atoms with Crippen LogP contribution in [0.25, 0.3) is 10.8 Å². The van der Waals surface area contributed by atoms with Gasteiger partial charge in [-0.25, -0.2) is 0 Å². The number of aliphatic carboxylic acids is 1.